The highest BCUT2D eigenvalue weighted by Gasteiger charge is 2.05. The van der Waals surface area contributed by atoms with Crippen LogP contribution in [0.1, 0.15) is 11.5 Å². The molecular weight excluding hydrogens is 294 g/mol. The van der Waals surface area contributed by atoms with E-state index in [0.717, 1.165) is 0 Å². The minimum Gasteiger partial charge on any atom is -0.458 e. The minimum atomic E-state index is -0.348. The van der Waals surface area contributed by atoms with Crippen molar-refractivity contribution in [1.29, 1.82) is 0 Å². The van der Waals surface area contributed by atoms with Gasteiger partial charge in [-0.05, 0) is 24.4 Å². The Labute approximate surface area is 122 Å². The fourth-order valence-corrected chi connectivity index (χ4v) is 1.99. The summed E-state index contributed by atoms with van der Waals surface area (Å²) in [5.41, 5.74) is 0.300. The Morgan fingerprint density at radius 3 is 3.10 bits per heavy atom. The number of H-pyrrole nitrogens is 3. The van der Waals surface area contributed by atoms with Crippen LogP contribution in [0.15, 0.2) is 26.3 Å². The number of nitrogens with one attached hydrogen (secondary N) is 3. The third-order valence-electron chi connectivity index (χ3n) is 2.66. The van der Waals surface area contributed by atoms with Gasteiger partial charge >= 0.3 is 0 Å². The molecule has 0 aliphatic heterocycles. The van der Waals surface area contributed by atoms with Gasteiger partial charge in [-0.25, -0.2) is 4.99 Å². The number of aromatic amines is 3. The zero-order valence-corrected chi connectivity index (χ0v) is 11.8. The summed E-state index contributed by atoms with van der Waals surface area (Å²) in [5.74, 6) is 1.37. The van der Waals surface area contributed by atoms with Gasteiger partial charge in [0, 0.05) is 7.11 Å². The molecule has 0 atom stereocenters. The van der Waals surface area contributed by atoms with E-state index in [1.165, 1.54) is 6.21 Å². The van der Waals surface area contributed by atoms with Gasteiger partial charge in [0.1, 0.15) is 23.6 Å². The number of methoxy groups -OCH3 is 1. The number of nitrogens with zero attached hydrogens (tertiary/aromatic N) is 2. The van der Waals surface area contributed by atoms with Crippen LogP contribution in [0.25, 0.3) is 11.2 Å². The minimum absolute atomic E-state index is 0.155. The highest BCUT2D eigenvalue weighted by atomic mass is 32.1. The number of fused-ring (bicyclic) bond motifs is 1. The molecule has 0 saturated carbocycles. The molecule has 3 N–H and O–H groups in total. The van der Waals surface area contributed by atoms with Gasteiger partial charge in [0.05, 0.1) is 6.21 Å². The molecule has 0 bridgehead atoms. The van der Waals surface area contributed by atoms with E-state index in [9.17, 15) is 4.79 Å². The summed E-state index contributed by atoms with van der Waals surface area (Å²) < 4.78 is 10.7. The molecule has 0 radical (unpaired) electrons. The number of ether oxygens (including phenoxy) is 1. The number of aliphatic imine (C=N–C) groups is 1. The van der Waals surface area contributed by atoms with E-state index in [4.69, 9.17) is 21.4 Å². The third-order valence-corrected chi connectivity index (χ3v) is 2.86. The first-order valence-electron chi connectivity index (χ1n) is 6.00. The molecule has 0 unspecified atom stereocenters. The lowest BCUT2D eigenvalue weighted by Gasteiger charge is -1.93. The highest BCUT2D eigenvalue weighted by Crippen LogP contribution is 2.10. The number of rotatable bonds is 4. The molecule has 3 heterocycles. The average molecular weight is 305 g/mol. The van der Waals surface area contributed by atoms with Gasteiger partial charge in [-0.1, -0.05) is 0 Å². The van der Waals surface area contributed by atoms with Crippen molar-refractivity contribution in [3.8, 4) is 0 Å². The lowest BCUT2D eigenvalue weighted by atomic mass is 10.4. The van der Waals surface area contributed by atoms with Crippen LogP contribution < -0.4 is 5.56 Å². The topological polar surface area (TPSA) is 112 Å². The lowest BCUT2D eigenvalue weighted by molar-refractivity contribution is 0.164. The molecule has 8 nitrogen and oxygen atoms in total. The van der Waals surface area contributed by atoms with E-state index in [1.807, 2.05) is 0 Å². The van der Waals surface area contributed by atoms with E-state index in [0.29, 0.717) is 34.1 Å². The second-order valence-electron chi connectivity index (χ2n) is 4.19. The number of furan rings is 1. The summed E-state index contributed by atoms with van der Waals surface area (Å²) in [4.78, 5) is 28.0. The second kappa shape index (κ2) is 5.46. The van der Waals surface area contributed by atoms with Gasteiger partial charge in [0.25, 0.3) is 5.56 Å². The van der Waals surface area contributed by atoms with E-state index >= 15 is 0 Å². The van der Waals surface area contributed by atoms with Crippen LogP contribution >= 0.6 is 12.2 Å². The predicted octanol–water partition coefficient (Wildman–Crippen LogP) is 1.80. The summed E-state index contributed by atoms with van der Waals surface area (Å²) in [5, 5.41) is 0. The van der Waals surface area contributed by atoms with Crippen molar-refractivity contribution < 1.29 is 9.15 Å². The Morgan fingerprint density at radius 1 is 1.43 bits per heavy atom. The number of aromatic nitrogens is 4. The van der Waals surface area contributed by atoms with Gasteiger partial charge in [0.15, 0.2) is 10.4 Å². The smallest absolute Gasteiger partial charge is 0.278 e. The van der Waals surface area contributed by atoms with Crippen molar-refractivity contribution in [2.24, 2.45) is 4.99 Å². The van der Waals surface area contributed by atoms with Gasteiger partial charge in [-0.2, -0.15) is 4.98 Å². The SMILES string of the molecule is COCc1ccc(C=Nc2nc3[nH]c(=S)[nH]c3c(=O)[nH]2)o1. The predicted molar refractivity (Wildman–Crippen MR) is 78.6 cm³/mol. The first kappa shape index (κ1) is 13.5. The molecule has 0 aliphatic rings. The van der Waals surface area contributed by atoms with Gasteiger partial charge in [0.2, 0.25) is 5.95 Å². The molecule has 0 saturated heterocycles. The fourth-order valence-electron chi connectivity index (χ4n) is 1.79. The van der Waals surface area contributed by atoms with E-state index in [-0.39, 0.29) is 11.5 Å². The molecule has 108 valence electrons. The second-order valence-corrected chi connectivity index (χ2v) is 4.60. The Balaban J connectivity index is 1.91. The number of hydrogen-bond acceptors (Lipinski definition) is 6. The molecule has 0 spiro atoms. The molecular formula is C12H11N5O3S. The number of hydrogen-bond donors (Lipinski definition) is 3. The molecule has 0 aliphatic carbocycles. The summed E-state index contributed by atoms with van der Waals surface area (Å²) >= 11 is 4.92. The largest absolute Gasteiger partial charge is 0.458 e. The maximum absolute atomic E-state index is 11.8. The van der Waals surface area contributed by atoms with Crippen LogP contribution in [0.3, 0.4) is 0 Å². The Kier molecular flexibility index (Phi) is 3.50. The van der Waals surface area contributed by atoms with Crippen LogP contribution in [0.4, 0.5) is 5.95 Å². The van der Waals surface area contributed by atoms with Gasteiger partial charge < -0.3 is 19.1 Å². The Bertz CT molecular complexity index is 917. The molecule has 0 fully saturated rings. The monoisotopic (exact) mass is 305 g/mol. The Morgan fingerprint density at radius 2 is 2.29 bits per heavy atom. The highest BCUT2D eigenvalue weighted by molar-refractivity contribution is 7.71. The quantitative estimate of drug-likeness (QED) is 0.502. The van der Waals surface area contributed by atoms with Crippen molar-refractivity contribution >= 4 is 35.5 Å². The summed E-state index contributed by atoms with van der Waals surface area (Å²) in [6, 6.07) is 3.53. The summed E-state index contributed by atoms with van der Waals surface area (Å²) in [7, 11) is 1.58. The zero-order valence-electron chi connectivity index (χ0n) is 11.0. The van der Waals surface area contributed by atoms with E-state index in [2.05, 4.69) is 24.9 Å². The molecule has 3 aromatic rings. The van der Waals surface area contributed by atoms with Crippen molar-refractivity contribution in [2.45, 2.75) is 6.61 Å². The van der Waals surface area contributed by atoms with E-state index < -0.39 is 0 Å². The average Bonchev–Trinajstić information content (AvgIpc) is 3.03. The molecule has 3 rings (SSSR count). The molecule has 0 amide bonds. The Hall–Kier alpha value is -2.52. The van der Waals surface area contributed by atoms with E-state index in [1.54, 1.807) is 19.2 Å². The fraction of sp³-hybridized carbons (Fsp3) is 0.167. The van der Waals surface area contributed by atoms with Gasteiger partial charge in [-0.3, -0.25) is 9.78 Å². The first-order chi connectivity index (χ1) is 10.2. The standard InChI is InChI=1S/C12H11N5O3S/c1-19-5-7-3-2-6(20-7)4-13-11-15-9-8(10(18)17-11)14-12(21)16-9/h2-4H,5H2,1H3,(H3,14,15,16,17,18,21). The first-order valence-corrected chi connectivity index (χ1v) is 6.40. The molecule has 21 heavy (non-hydrogen) atoms. The number of imidazole rings is 1. The normalized spacial score (nSPS) is 11.7. The third kappa shape index (κ3) is 2.83. The molecule has 9 heteroatoms. The summed E-state index contributed by atoms with van der Waals surface area (Å²) in [6.07, 6.45) is 1.46. The van der Waals surface area contributed by atoms with Crippen LogP contribution in [-0.4, -0.2) is 33.3 Å². The van der Waals surface area contributed by atoms with Crippen LogP contribution in [-0.2, 0) is 11.3 Å². The van der Waals surface area contributed by atoms with Crippen molar-refractivity contribution in [2.75, 3.05) is 7.11 Å². The van der Waals surface area contributed by atoms with Gasteiger partial charge in [-0.15, -0.1) is 0 Å². The lowest BCUT2D eigenvalue weighted by Crippen LogP contribution is -2.07. The van der Waals surface area contributed by atoms with Crippen LogP contribution in [0.5, 0.6) is 0 Å². The van der Waals surface area contributed by atoms with Crippen molar-refractivity contribution in [3.63, 3.8) is 0 Å². The van der Waals surface area contributed by atoms with Crippen LogP contribution in [0, 0.1) is 4.77 Å². The molecule has 3 aromatic heterocycles. The van der Waals surface area contributed by atoms with Crippen molar-refractivity contribution in [3.05, 3.63) is 38.8 Å². The maximum atomic E-state index is 11.8. The van der Waals surface area contributed by atoms with Crippen molar-refractivity contribution in [1.82, 2.24) is 19.9 Å². The van der Waals surface area contributed by atoms with Crippen LogP contribution in [0.2, 0.25) is 0 Å². The zero-order chi connectivity index (χ0) is 14.8. The summed E-state index contributed by atoms with van der Waals surface area (Å²) in [6.45, 7) is 0.384. The molecule has 0 aromatic carbocycles. The maximum Gasteiger partial charge on any atom is 0.278 e.